The highest BCUT2D eigenvalue weighted by molar-refractivity contribution is 5.94. The molecule has 4 rings (SSSR count). The number of hydrogen-bond acceptors (Lipinski definition) is 2. The van der Waals surface area contributed by atoms with Crippen molar-refractivity contribution in [3.63, 3.8) is 0 Å². The van der Waals surface area contributed by atoms with E-state index in [-0.39, 0.29) is 11.9 Å². The van der Waals surface area contributed by atoms with Gasteiger partial charge in [-0.2, -0.15) is 0 Å². The van der Waals surface area contributed by atoms with E-state index in [1.165, 1.54) is 5.56 Å². The number of piperidine rings is 1. The van der Waals surface area contributed by atoms with Gasteiger partial charge in [0.25, 0.3) is 5.91 Å². The lowest BCUT2D eigenvalue weighted by molar-refractivity contribution is 0.0546. The minimum atomic E-state index is 0.143. The minimum absolute atomic E-state index is 0.143. The third-order valence-electron chi connectivity index (χ3n) is 5.34. The van der Waals surface area contributed by atoms with Crippen molar-refractivity contribution in [2.45, 2.75) is 51.5 Å². The lowest BCUT2D eigenvalue weighted by Gasteiger charge is -2.45. The smallest absolute Gasteiger partial charge is 0.254 e. The van der Waals surface area contributed by atoms with Crippen LogP contribution in [0.3, 0.4) is 0 Å². The van der Waals surface area contributed by atoms with Crippen molar-refractivity contribution < 1.29 is 9.90 Å². The maximum atomic E-state index is 12.9. The van der Waals surface area contributed by atoms with E-state index in [2.05, 4.69) is 11.0 Å². The van der Waals surface area contributed by atoms with E-state index in [0.29, 0.717) is 11.7 Å². The Morgan fingerprint density at radius 2 is 1.80 bits per heavy atom. The van der Waals surface area contributed by atoms with Crippen LogP contribution in [0.4, 0.5) is 0 Å². The second kappa shape index (κ2) is 7.73. The van der Waals surface area contributed by atoms with Gasteiger partial charge in [0.2, 0.25) is 0 Å². The summed E-state index contributed by atoms with van der Waals surface area (Å²) in [4.78, 5) is 15.0. The van der Waals surface area contributed by atoms with Crippen LogP contribution in [-0.4, -0.2) is 28.5 Å². The number of aromatic hydroxyl groups is 1. The number of nitrogens with zero attached hydrogens (tertiary/aromatic N) is 1. The predicted octanol–water partition coefficient (Wildman–Crippen LogP) is 4.75. The van der Waals surface area contributed by atoms with Crippen molar-refractivity contribution in [2.24, 2.45) is 0 Å². The van der Waals surface area contributed by atoms with Crippen LogP contribution < -0.4 is 0 Å². The number of likely N-dealkylation sites (tertiary alicyclic amines) is 1. The van der Waals surface area contributed by atoms with Gasteiger partial charge in [-0.1, -0.05) is 44.2 Å². The molecule has 1 heterocycles. The minimum Gasteiger partial charge on any atom is -0.508 e. The maximum absolute atomic E-state index is 12.9. The van der Waals surface area contributed by atoms with Gasteiger partial charge < -0.3 is 10.0 Å². The van der Waals surface area contributed by atoms with Crippen LogP contribution in [0.2, 0.25) is 0 Å². The fourth-order valence-corrected chi connectivity index (χ4v) is 4.28. The first kappa shape index (κ1) is 17.5. The predicted molar refractivity (Wildman–Crippen MR) is 101 cm³/mol. The summed E-state index contributed by atoms with van der Waals surface area (Å²) in [7, 11) is 0. The highest BCUT2D eigenvalue weighted by Gasteiger charge is 2.39. The number of hydrogen-bond donors (Lipinski definition) is 1. The summed E-state index contributed by atoms with van der Waals surface area (Å²) in [5, 5.41) is 10.1. The summed E-state index contributed by atoms with van der Waals surface area (Å²) in [5.41, 5.74) is 3.10. The van der Waals surface area contributed by atoms with Crippen LogP contribution in [0.25, 0.3) is 0 Å². The molecule has 1 N–H and O–H groups in total. The number of carbonyl (C=O) groups is 1. The van der Waals surface area contributed by atoms with E-state index in [0.717, 1.165) is 43.4 Å². The van der Waals surface area contributed by atoms with Gasteiger partial charge in [0.05, 0.1) is 0 Å². The Balaban J connectivity index is 0.000000880. The fraction of sp³-hybridized carbons (Fsp3) is 0.409. The van der Waals surface area contributed by atoms with Crippen molar-refractivity contribution in [1.82, 2.24) is 4.90 Å². The van der Waals surface area contributed by atoms with Gasteiger partial charge in [-0.05, 0) is 55.0 Å². The first-order valence-corrected chi connectivity index (χ1v) is 9.42. The molecule has 3 heteroatoms. The van der Waals surface area contributed by atoms with E-state index in [1.807, 2.05) is 50.2 Å². The first-order chi connectivity index (χ1) is 12.3. The van der Waals surface area contributed by atoms with Gasteiger partial charge in [-0.25, -0.2) is 0 Å². The van der Waals surface area contributed by atoms with Gasteiger partial charge in [0.1, 0.15) is 5.75 Å². The molecule has 2 aromatic rings. The zero-order chi connectivity index (χ0) is 17.8. The number of amides is 1. The number of rotatable bonds is 1. The van der Waals surface area contributed by atoms with Crippen molar-refractivity contribution in [3.8, 4) is 5.75 Å². The Morgan fingerprint density at radius 3 is 2.56 bits per heavy atom. The van der Waals surface area contributed by atoms with Gasteiger partial charge in [0, 0.05) is 24.1 Å². The monoisotopic (exact) mass is 337 g/mol. The summed E-state index contributed by atoms with van der Waals surface area (Å²) in [6.45, 7) is 4.84. The molecule has 2 unspecified atom stereocenters. The molecule has 3 nitrogen and oxygen atoms in total. The van der Waals surface area contributed by atoms with Crippen LogP contribution in [0.5, 0.6) is 5.75 Å². The lowest BCUT2D eigenvalue weighted by atomic mass is 9.74. The SMILES string of the molecule is CC.O=C(c1ccccc1)N1CCCC2c3cccc(O)c3CCC21. The van der Waals surface area contributed by atoms with E-state index in [4.69, 9.17) is 0 Å². The molecule has 0 aromatic heterocycles. The van der Waals surface area contributed by atoms with Crippen LogP contribution in [0.15, 0.2) is 48.5 Å². The highest BCUT2D eigenvalue weighted by Crippen LogP contribution is 2.43. The standard InChI is InChI=1S/C20H21NO2.C2H6/c22-19-10-4-8-15-16-9-5-13-21(18(16)12-11-17(15)19)20(23)14-6-2-1-3-7-14;1-2/h1-4,6-8,10,16,18,22H,5,9,11-13H2;1-2H3. The normalized spacial score (nSPS) is 21.4. The molecule has 0 radical (unpaired) electrons. The van der Waals surface area contributed by atoms with Crippen molar-refractivity contribution >= 4 is 5.91 Å². The maximum Gasteiger partial charge on any atom is 0.254 e. The van der Waals surface area contributed by atoms with E-state index < -0.39 is 0 Å². The molecular weight excluding hydrogens is 310 g/mol. The number of carbonyl (C=O) groups excluding carboxylic acids is 1. The molecule has 132 valence electrons. The summed E-state index contributed by atoms with van der Waals surface area (Å²) in [6.07, 6.45) is 3.91. The summed E-state index contributed by atoms with van der Waals surface area (Å²) in [6, 6.07) is 15.7. The molecule has 0 spiro atoms. The van der Waals surface area contributed by atoms with Gasteiger partial charge >= 0.3 is 0 Å². The number of phenols is 1. The second-order valence-corrected chi connectivity index (χ2v) is 6.56. The van der Waals surface area contributed by atoms with Crippen molar-refractivity contribution in [1.29, 1.82) is 0 Å². The Morgan fingerprint density at radius 1 is 1.04 bits per heavy atom. The average Bonchev–Trinajstić information content (AvgIpc) is 2.69. The molecule has 2 aliphatic rings. The van der Waals surface area contributed by atoms with Gasteiger partial charge in [-0.3, -0.25) is 4.79 Å². The number of phenolic OH excluding ortho intramolecular Hbond substituents is 1. The fourth-order valence-electron chi connectivity index (χ4n) is 4.28. The molecule has 0 saturated carbocycles. The Kier molecular flexibility index (Phi) is 5.42. The Labute approximate surface area is 150 Å². The second-order valence-electron chi connectivity index (χ2n) is 6.56. The van der Waals surface area contributed by atoms with E-state index in [9.17, 15) is 9.90 Å². The van der Waals surface area contributed by atoms with Crippen LogP contribution >= 0.6 is 0 Å². The Hall–Kier alpha value is -2.29. The number of benzene rings is 2. The van der Waals surface area contributed by atoms with Gasteiger partial charge in [-0.15, -0.1) is 0 Å². The largest absolute Gasteiger partial charge is 0.508 e. The van der Waals surface area contributed by atoms with E-state index >= 15 is 0 Å². The molecule has 1 saturated heterocycles. The zero-order valence-corrected chi connectivity index (χ0v) is 15.1. The average molecular weight is 337 g/mol. The van der Waals surface area contributed by atoms with Crippen molar-refractivity contribution in [3.05, 3.63) is 65.2 Å². The molecule has 1 aliphatic carbocycles. The third-order valence-corrected chi connectivity index (χ3v) is 5.34. The lowest BCUT2D eigenvalue weighted by Crippen LogP contribution is -2.49. The molecule has 25 heavy (non-hydrogen) atoms. The first-order valence-electron chi connectivity index (χ1n) is 9.42. The van der Waals surface area contributed by atoms with Crippen molar-refractivity contribution in [2.75, 3.05) is 6.54 Å². The molecule has 1 aliphatic heterocycles. The van der Waals surface area contributed by atoms with Crippen LogP contribution in [-0.2, 0) is 6.42 Å². The topological polar surface area (TPSA) is 40.5 Å². The Bertz CT molecular complexity index is 726. The molecular formula is C22H27NO2. The third kappa shape index (κ3) is 3.28. The highest BCUT2D eigenvalue weighted by atomic mass is 16.3. The number of fused-ring (bicyclic) bond motifs is 3. The summed E-state index contributed by atoms with van der Waals surface area (Å²) >= 11 is 0. The molecule has 1 fully saturated rings. The summed E-state index contributed by atoms with van der Waals surface area (Å²) in [5.74, 6) is 0.906. The molecule has 1 amide bonds. The molecule has 2 aromatic carbocycles. The molecule has 0 bridgehead atoms. The zero-order valence-electron chi connectivity index (χ0n) is 15.1. The quantitative estimate of drug-likeness (QED) is 0.815. The summed E-state index contributed by atoms with van der Waals surface area (Å²) < 4.78 is 0. The van der Waals surface area contributed by atoms with E-state index in [1.54, 1.807) is 6.07 Å². The molecule has 2 atom stereocenters. The van der Waals surface area contributed by atoms with Gasteiger partial charge in [0.15, 0.2) is 0 Å². The van der Waals surface area contributed by atoms with Crippen LogP contribution in [0.1, 0.15) is 60.5 Å². The van der Waals surface area contributed by atoms with Crippen LogP contribution in [0, 0.1) is 0 Å².